The van der Waals surface area contributed by atoms with Crippen LogP contribution in [0.1, 0.15) is 46.5 Å². The molecular weight excluding hydrogens is 120 g/mol. The van der Waals surface area contributed by atoms with Crippen LogP contribution < -0.4 is 0 Å². The van der Waals surface area contributed by atoms with E-state index in [4.69, 9.17) is 0 Å². The molecule has 0 N–H and O–H groups in total. The molecule has 0 radical (unpaired) electrons. The second-order valence-electron chi connectivity index (χ2n) is 3.20. The van der Waals surface area contributed by atoms with Gasteiger partial charge in [-0.15, -0.1) is 0 Å². The van der Waals surface area contributed by atoms with Gasteiger partial charge in [-0.2, -0.15) is 6.42 Å². The molecule has 0 aromatic heterocycles. The van der Waals surface area contributed by atoms with E-state index in [9.17, 15) is 0 Å². The molecule has 0 saturated carbocycles. The monoisotopic (exact) mass is 141 g/mol. The lowest BCUT2D eigenvalue weighted by atomic mass is 9.86. The van der Waals surface area contributed by atoms with Crippen molar-refractivity contribution in [3.63, 3.8) is 0 Å². The summed E-state index contributed by atoms with van der Waals surface area (Å²) in [5.74, 6) is 1.81. The maximum Gasteiger partial charge on any atom is -0.0415 e. The second-order valence-corrected chi connectivity index (χ2v) is 3.20. The van der Waals surface area contributed by atoms with Gasteiger partial charge in [-0.3, -0.25) is 0 Å². The Hall–Kier alpha value is 0. The van der Waals surface area contributed by atoms with Crippen molar-refractivity contribution in [3.8, 4) is 0 Å². The molecule has 0 rings (SSSR count). The van der Waals surface area contributed by atoms with Crippen molar-refractivity contribution in [1.29, 1.82) is 0 Å². The molecule has 10 heavy (non-hydrogen) atoms. The molecular formula is C10H21-. The third-order valence-corrected chi connectivity index (χ3v) is 2.55. The van der Waals surface area contributed by atoms with Crippen molar-refractivity contribution in [2.24, 2.45) is 11.8 Å². The molecule has 0 bridgehead atoms. The summed E-state index contributed by atoms with van der Waals surface area (Å²) in [5.41, 5.74) is 0. The first kappa shape index (κ1) is 10.0. The number of hydrogen-bond acceptors (Lipinski definition) is 0. The average Bonchev–Trinajstić information content (AvgIpc) is 1.99. The fraction of sp³-hybridized carbons (Fsp3) is 0.900. The van der Waals surface area contributed by atoms with Crippen LogP contribution in [-0.4, -0.2) is 0 Å². The summed E-state index contributed by atoms with van der Waals surface area (Å²) in [6.45, 7) is 10.8. The maximum atomic E-state index is 3.89. The van der Waals surface area contributed by atoms with Gasteiger partial charge in [0.25, 0.3) is 0 Å². The molecule has 0 aliphatic carbocycles. The van der Waals surface area contributed by atoms with E-state index >= 15 is 0 Å². The molecule has 0 fully saturated rings. The smallest absolute Gasteiger partial charge is 0.0415 e. The van der Waals surface area contributed by atoms with Crippen molar-refractivity contribution >= 4 is 0 Å². The van der Waals surface area contributed by atoms with E-state index in [0.717, 1.165) is 18.3 Å². The molecule has 0 nitrogen and oxygen atoms in total. The molecule has 0 aliphatic rings. The average molecular weight is 141 g/mol. The van der Waals surface area contributed by atoms with Crippen LogP contribution in [-0.2, 0) is 0 Å². The summed E-state index contributed by atoms with van der Waals surface area (Å²) in [6, 6.07) is 0. The molecule has 0 saturated heterocycles. The van der Waals surface area contributed by atoms with Gasteiger partial charge in [0.2, 0.25) is 0 Å². The SMILES string of the molecule is [CH2-]CCC(CC)C(C)CC. The van der Waals surface area contributed by atoms with E-state index in [1.807, 2.05) is 0 Å². The molecule has 0 heteroatoms. The van der Waals surface area contributed by atoms with E-state index in [-0.39, 0.29) is 0 Å². The van der Waals surface area contributed by atoms with Crippen molar-refractivity contribution < 1.29 is 0 Å². The Balaban J connectivity index is 3.56. The fourth-order valence-electron chi connectivity index (χ4n) is 1.49. The third-order valence-electron chi connectivity index (χ3n) is 2.55. The first-order valence-electron chi connectivity index (χ1n) is 4.55. The molecule has 0 amide bonds. The molecule has 0 spiro atoms. The first-order chi connectivity index (χ1) is 4.76. The third kappa shape index (κ3) is 3.24. The van der Waals surface area contributed by atoms with Crippen LogP contribution in [0.5, 0.6) is 0 Å². The fourth-order valence-corrected chi connectivity index (χ4v) is 1.49. The highest BCUT2D eigenvalue weighted by Crippen LogP contribution is 2.22. The van der Waals surface area contributed by atoms with Crippen molar-refractivity contribution in [1.82, 2.24) is 0 Å². The Bertz CT molecular complexity index is 66.4. The summed E-state index contributed by atoms with van der Waals surface area (Å²) < 4.78 is 0. The summed E-state index contributed by atoms with van der Waals surface area (Å²) in [5, 5.41) is 0. The standard InChI is InChI=1S/C10H21/c1-5-8-10(7-3)9(4)6-2/h9-10H,1,5-8H2,2-4H3/q-1. The molecule has 0 aromatic rings. The molecule has 2 atom stereocenters. The van der Waals surface area contributed by atoms with Gasteiger partial charge in [-0.25, -0.2) is 0 Å². The normalized spacial score (nSPS) is 16.8. The van der Waals surface area contributed by atoms with Gasteiger partial charge < -0.3 is 6.92 Å². The van der Waals surface area contributed by atoms with Crippen molar-refractivity contribution in [2.75, 3.05) is 0 Å². The van der Waals surface area contributed by atoms with Crippen LogP contribution in [0.25, 0.3) is 0 Å². The van der Waals surface area contributed by atoms with Crippen LogP contribution in [0.15, 0.2) is 0 Å². The van der Waals surface area contributed by atoms with E-state index in [0.29, 0.717) is 0 Å². The number of rotatable bonds is 5. The van der Waals surface area contributed by atoms with Crippen LogP contribution >= 0.6 is 0 Å². The summed E-state index contributed by atoms with van der Waals surface area (Å²) in [7, 11) is 0. The predicted octanol–water partition coefficient (Wildman–Crippen LogP) is 3.67. The van der Waals surface area contributed by atoms with Gasteiger partial charge in [0.05, 0.1) is 0 Å². The minimum atomic E-state index is 0.895. The van der Waals surface area contributed by atoms with Gasteiger partial charge >= 0.3 is 0 Å². The lowest BCUT2D eigenvalue weighted by Crippen LogP contribution is -2.09. The topological polar surface area (TPSA) is 0 Å². The van der Waals surface area contributed by atoms with Crippen LogP contribution in [0, 0.1) is 18.8 Å². The van der Waals surface area contributed by atoms with Crippen molar-refractivity contribution in [2.45, 2.75) is 46.5 Å². The predicted molar refractivity (Wildman–Crippen MR) is 47.8 cm³/mol. The zero-order chi connectivity index (χ0) is 7.98. The highest BCUT2D eigenvalue weighted by Gasteiger charge is 2.10. The van der Waals surface area contributed by atoms with E-state index in [1.165, 1.54) is 19.3 Å². The Morgan fingerprint density at radius 3 is 2.10 bits per heavy atom. The largest absolute Gasteiger partial charge is 0.343 e. The quantitative estimate of drug-likeness (QED) is 0.512. The molecule has 62 valence electrons. The number of hydrogen-bond donors (Lipinski definition) is 0. The highest BCUT2D eigenvalue weighted by molar-refractivity contribution is 4.64. The zero-order valence-electron chi connectivity index (χ0n) is 7.69. The Morgan fingerprint density at radius 1 is 1.20 bits per heavy atom. The van der Waals surface area contributed by atoms with Gasteiger partial charge in [-0.05, 0) is 11.8 Å². The second kappa shape index (κ2) is 5.76. The zero-order valence-corrected chi connectivity index (χ0v) is 7.69. The highest BCUT2D eigenvalue weighted by atomic mass is 14.2. The van der Waals surface area contributed by atoms with E-state index in [1.54, 1.807) is 0 Å². The molecule has 0 heterocycles. The summed E-state index contributed by atoms with van der Waals surface area (Å²) in [6.07, 6.45) is 5.05. The summed E-state index contributed by atoms with van der Waals surface area (Å²) >= 11 is 0. The van der Waals surface area contributed by atoms with Gasteiger partial charge in [-0.1, -0.05) is 40.0 Å². The Morgan fingerprint density at radius 2 is 1.80 bits per heavy atom. The van der Waals surface area contributed by atoms with E-state index in [2.05, 4.69) is 27.7 Å². The van der Waals surface area contributed by atoms with Gasteiger partial charge in [0, 0.05) is 0 Å². The maximum absolute atomic E-state index is 3.89. The van der Waals surface area contributed by atoms with Crippen LogP contribution in [0.2, 0.25) is 0 Å². The van der Waals surface area contributed by atoms with Crippen LogP contribution in [0.4, 0.5) is 0 Å². The minimum Gasteiger partial charge on any atom is -0.343 e. The Kier molecular flexibility index (Phi) is 5.76. The first-order valence-corrected chi connectivity index (χ1v) is 4.55. The lowest BCUT2D eigenvalue weighted by molar-refractivity contribution is 0.319. The molecule has 0 aromatic carbocycles. The molecule has 0 aliphatic heterocycles. The summed E-state index contributed by atoms with van der Waals surface area (Å²) in [4.78, 5) is 0. The van der Waals surface area contributed by atoms with E-state index < -0.39 is 0 Å². The van der Waals surface area contributed by atoms with Gasteiger partial charge in [0.15, 0.2) is 0 Å². The van der Waals surface area contributed by atoms with Crippen molar-refractivity contribution in [3.05, 3.63) is 6.92 Å². The van der Waals surface area contributed by atoms with Crippen LogP contribution in [0.3, 0.4) is 0 Å². The lowest BCUT2D eigenvalue weighted by Gasteiger charge is -2.21. The van der Waals surface area contributed by atoms with Gasteiger partial charge in [0.1, 0.15) is 0 Å². The Labute approximate surface area is 66.0 Å². The molecule has 2 unspecified atom stereocenters. The minimum absolute atomic E-state index is 0.895.